The van der Waals surface area contributed by atoms with E-state index in [4.69, 9.17) is 18.0 Å². The maximum absolute atomic E-state index is 12.4. The summed E-state index contributed by atoms with van der Waals surface area (Å²) in [7, 11) is 2.05. The molecule has 1 aromatic heterocycles. The van der Waals surface area contributed by atoms with Gasteiger partial charge < -0.3 is 16.0 Å². The molecule has 1 aromatic rings. The molecule has 0 bridgehead atoms. The van der Waals surface area contributed by atoms with Crippen LogP contribution in [0.25, 0.3) is 0 Å². The Bertz CT molecular complexity index is 524. The minimum absolute atomic E-state index is 0.217. The molecule has 3 N–H and O–H groups in total. The van der Waals surface area contributed by atoms with Crippen LogP contribution >= 0.6 is 12.2 Å². The van der Waals surface area contributed by atoms with Crippen molar-refractivity contribution in [1.82, 2.24) is 15.2 Å². The Balaban J connectivity index is 2.17. The van der Waals surface area contributed by atoms with Crippen LogP contribution in [0.1, 0.15) is 29.0 Å². The first-order valence-electron chi connectivity index (χ1n) is 6.67. The molecule has 1 saturated heterocycles. The highest BCUT2D eigenvalue weighted by atomic mass is 32.1. The largest absolute Gasteiger partial charge is 0.391 e. The Morgan fingerprint density at radius 1 is 1.45 bits per heavy atom. The number of amides is 1. The lowest BCUT2D eigenvalue weighted by molar-refractivity contribution is 0.0885. The number of thiocarbonyl (C=S) groups is 1. The van der Waals surface area contributed by atoms with Crippen LogP contribution < -0.4 is 11.1 Å². The van der Waals surface area contributed by atoms with Crippen molar-refractivity contribution >= 4 is 23.1 Å². The Hall–Kier alpha value is -1.53. The number of carbonyl (C=O) groups excluding carboxylic acids is 1. The average Bonchev–Trinajstić information content (AvgIpc) is 2.41. The van der Waals surface area contributed by atoms with Gasteiger partial charge in [-0.1, -0.05) is 18.3 Å². The summed E-state index contributed by atoms with van der Waals surface area (Å²) in [5.74, 6) is -0.217. The molecule has 1 aliphatic rings. The second kappa shape index (κ2) is 5.85. The SMILES string of the molecule is Cc1cccc(C(=O)NC2(C(N)=S)CCN(C)CC2)n1. The summed E-state index contributed by atoms with van der Waals surface area (Å²) in [4.78, 5) is 19.1. The molecule has 6 heteroatoms. The van der Waals surface area contributed by atoms with Crippen molar-refractivity contribution in [3.8, 4) is 0 Å². The molecule has 0 aromatic carbocycles. The zero-order valence-corrected chi connectivity index (χ0v) is 12.7. The number of likely N-dealkylation sites (tertiary alicyclic amines) is 1. The number of nitrogens with zero attached hydrogens (tertiary/aromatic N) is 2. The molecule has 1 amide bonds. The van der Waals surface area contributed by atoms with Gasteiger partial charge in [-0.25, -0.2) is 4.98 Å². The number of hydrogen-bond donors (Lipinski definition) is 2. The zero-order valence-electron chi connectivity index (χ0n) is 11.8. The van der Waals surface area contributed by atoms with Gasteiger partial charge in [0.2, 0.25) is 0 Å². The van der Waals surface area contributed by atoms with E-state index in [1.54, 1.807) is 6.07 Å². The summed E-state index contributed by atoms with van der Waals surface area (Å²) < 4.78 is 0. The third kappa shape index (κ3) is 3.13. The third-order valence-corrected chi connectivity index (χ3v) is 4.18. The second-order valence-corrected chi connectivity index (χ2v) is 5.81. The number of rotatable bonds is 3. The number of carbonyl (C=O) groups is 1. The summed E-state index contributed by atoms with van der Waals surface area (Å²) in [5.41, 5.74) is 6.50. The van der Waals surface area contributed by atoms with E-state index in [1.807, 2.05) is 26.1 Å². The van der Waals surface area contributed by atoms with Gasteiger partial charge in [0.15, 0.2) is 0 Å². The predicted octanol–water partition coefficient (Wildman–Crippen LogP) is 0.870. The number of piperidine rings is 1. The molecule has 2 heterocycles. The summed E-state index contributed by atoms with van der Waals surface area (Å²) in [5, 5.41) is 3.00. The molecule has 0 radical (unpaired) electrons. The smallest absolute Gasteiger partial charge is 0.270 e. The van der Waals surface area contributed by atoms with Crippen LogP contribution in [-0.4, -0.2) is 46.5 Å². The first kappa shape index (κ1) is 14.9. The van der Waals surface area contributed by atoms with Gasteiger partial charge in [-0.2, -0.15) is 0 Å². The number of aromatic nitrogens is 1. The molecule has 0 aliphatic carbocycles. The maximum atomic E-state index is 12.4. The normalized spacial score (nSPS) is 18.5. The van der Waals surface area contributed by atoms with Crippen LogP contribution in [0, 0.1) is 6.92 Å². The molecule has 1 aliphatic heterocycles. The van der Waals surface area contributed by atoms with E-state index in [0.29, 0.717) is 10.7 Å². The van der Waals surface area contributed by atoms with Gasteiger partial charge in [-0.15, -0.1) is 0 Å². The maximum Gasteiger partial charge on any atom is 0.270 e. The van der Waals surface area contributed by atoms with Crippen molar-refractivity contribution in [2.45, 2.75) is 25.3 Å². The lowest BCUT2D eigenvalue weighted by atomic mass is 9.87. The molecular formula is C14H20N4OS. The van der Waals surface area contributed by atoms with Gasteiger partial charge in [0.1, 0.15) is 5.69 Å². The fourth-order valence-corrected chi connectivity index (χ4v) is 2.64. The van der Waals surface area contributed by atoms with Gasteiger partial charge in [0, 0.05) is 18.8 Å². The van der Waals surface area contributed by atoms with E-state index in [0.717, 1.165) is 31.6 Å². The quantitative estimate of drug-likeness (QED) is 0.809. The van der Waals surface area contributed by atoms with Crippen molar-refractivity contribution in [2.75, 3.05) is 20.1 Å². The van der Waals surface area contributed by atoms with Crippen molar-refractivity contribution in [3.63, 3.8) is 0 Å². The highest BCUT2D eigenvalue weighted by Crippen LogP contribution is 2.22. The van der Waals surface area contributed by atoms with Crippen LogP contribution in [0.2, 0.25) is 0 Å². The molecule has 0 unspecified atom stereocenters. The summed E-state index contributed by atoms with van der Waals surface area (Å²) in [6.07, 6.45) is 1.47. The molecule has 2 rings (SSSR count). The van der Waals surface area contributed by atoms with E-state index in [2.05, 4.69) is 15.2 Å². The van der Waals surface area contributed by atoms with Gasteiger partial charge in [0.25, 0.3) is 5.91 Å². The van der Waals surface area contributed by atoms with E-state index in [1.165, 1.54) is 0 Å². The van der Waals surface area contributed by atoms with Crippen molar-refractivity contribution in [2.24, 2.45) is 5.73 Å². The number of pyridine rings is 1. The molecule has 0 spiro atoms. The molecule has 0 atom stereocenters. The number of nitrogens with one attached hydrogen (secondary N) is 1. The van der Waals surface area contributed by atoms with Crippen molar-refractivity contribution in [3.05, 3.63) is 29.6 Å². The third-order valence-electron chi connectivity index (χ3n) is 3.79. The summed E-state index contributed by atoms with van der Waals surface area (Å²) in [6.45, 7) is 3.58. The molecule has 1 fully saturated rings. The Labute approximate surface area is 124 Å². The van der Waals surface area contributed by atoms with Crippen LogP contribution in [0.4, 0.5) is 0 Å². The standard InChI is InChI=1S/C14H20N4OS/c1-10-4-3-5-11(16-10)12(19)17-14(13(15)20)6-8-18(2)9-7-14/h3-5H,6-9H2,1-2H3,(H2,15,20)(H,17,19). The van der Waals surface area contributed by atoms with E-state index >= 15 is 0 Å². The van der Waals surface area contributed by atoms with Crippen LogP contribution in [0.15, 0.2) is 18.2 Å². The Morgan fingerprint density at radius 2 is 2.10 bits per heavy atom. The average molecular weight is 292 g/mol. The summed E-state index contributed by atoms with van der Waals surface area (Å²) in [6, 6.07) is 5.37. The first-order valence-corrected chi connectivity index (χ1v) is 7.08. The molecule has 108 valence electrons. The molecule has 20 heavy (non-hydrogen) atoms. The highest BCUT2D eigenvalue weighted by molar-refractivity contribution is 7.80. The lowest BCUT2D eigenvalue weighted by Crippen LogP contribution is -2.61. The van der Waals surface area contributed by atoms with Gasteiger partial charge >= 0.3 is 0 Å². The van der Waals surface area contributed by atoms with Gasteiger partial charge in [0.05, 0.1) is 10.5 Å². The fraction of sp³-hybridized carbons (Fsp3) is 0.500. The Morgan fingerprint density at radius 3 is 2.65 bits per heavy atom. The second-order valence-electron chi connectivity index (χ2n) is 5.37. The highest BCUT2D eigenvalue weighted by Gasteiger charge is 2.38. The zero-order chi connectivity index (χ0) is 14.8. The first-order chi connectivity index (χ1) is 9.43. The number of aryl methyl sites for hydroxylation is 1. The summed E-state index contributed by atoms with van der Waals surface area (Å²) >= 11 is 5.18. The van der Waals surface area contributed by atoms with Crippen molar-refractivity contribution < 1.29 is 4.79 Å². The predicted molar refractivity (Wildman–Crippen MR) is 82.7 cm³/mol. The number of hydrogen-bond acceptors (Lipinski definition) is 4. The van der Waals surface area contributed by atoms with Crippen LogP contribution in [-0.2, 0) is 0 Å². The van der Waals surface area contributed by atoms with E-state index in [9.17, 15) is 4.79 Å². The Kier molecular flexibility index (Phi) is 4.35. The van der Waals surface area contributed by atoms with Gasteiger partial charge in [-0.3, -0.25) is 4.79 Å². The minimum Gasteiger partial charge on any atom is -0.391 e. The van der Waals surface area contributed by atoms with E-state index < -0.39 is 5.54 Å². The van der Waals surface area contributed by atoms with Gasteiger partial charge in [-0.05, 0) is 38.9 Å². The van der Waals surface area contributed by atoms with Crippen LogP contribution in [0.3, 0.4) is 0 Å². The monoisotopic (exact) mass is 292 g/mol. The van der Waals surface area contributed by atoms with Crippen molar-refractivity contribution in [1.29, 1.82) is 0 Å². The van der Waals surface area contributed by atoms with Crippen LogP contribution in [0.5, 0.6) is 0 Å². The van der Waals surface area contributed by atoms with E-state index in [-0.39, 0.29) is 5.91 Å². The topological polar surface area (TPSA) is 71.2 Å². The minimum atomic E-state index is -0.593. The lowest BCUT2D eigenvalue weighted by Gasteiger charge is -2.40. The number of nitrogens with two attached hydrogens (primary N) is 1. The molecule has 5 nitrogen and oxygen atoms in total. The molecule has 0 saturated carbocycles. The fourth-order valence-electron chi connectivity index (χ4n) is 2.38. The molecular weight excluding hydrogens is 272 g/mol.